The molecule has 2 unspecified atom stereocenters. The van der Waals surface area contributed by atoms with Gasteiger partial charge in [-0.05, 0) is 50.3 Å². The van der Waals surface area contributed by atoms with Crippen LogP contribution in [-0.2, 0) is 14.4 Å². The molecule has 0 saturated carbocycles. The van der Waals surface area contributed by atoms with Crippen LogP contribution in [0.3, 0.4) is 0 Å². The third kappa shape index (κ3) is 4.99. The van der Waals surface area contributed by atoms with E-state index < -0.39 is 23.6 Å². The summed E-state index contributed by atoms with van der Waals surface area (Å²) in [7, 11) is 0. The van der Waals surface area contributed by atoms with Crippen molar-refractivity contribution in [3.8, 4) is 0 Å². The SMILES string of the molecule is C=CC(=O)N1CCCC(C(=O)N2CCCCC2C(=O)Nc2cc(F)cc(F)c2)C1. The van der Waals surface area contributed by atoms with Crippen LogP contribution in [0.25, 0.3) is 0 Å². The summed E-state index contributed by atoms with van der Waals surface area (Å²) in [6, 6.07) is 2.10. The van der Waals surface area contributed by atoms with Gasteiger partial charge in [0.15, 0.2) is 0 Å². The average Bonchev–Trinajstić information content (AvgIpc) is 2.72. The number of benzene rings is 1. The first-order valence-electron chi connectivity index (χ1n) is 9.88. The first kappa shape index (κ1) is 21.0. The van der Waals surface area contributed by atoms with Gasteiger partial charge in [0, 0.05) is 31.4 Å². The molecule has 2 aliphatic heterocycles. The lowest BCUT2D eigenvalue weighted by atomic mass is 9.93. The molecule has 3 amide bonds. The molecule has 156 valence electrons. The average molecular weight is 405 g/mol. The van der Waals surface area contributed by atoms with Crippen molar-refractivity contribution < 1.29 is 23.2 Å². The van der Waals surface area contributed by atoms with Gasteiger partial charge in [-0.3, -0.25) is 14.4 Å². The van der Waals surface area contributed by atoms with Crippen molar-refractivity contribution in [1.29, 1.82) is 0 Å². The second-order valence-electron chi connectivity index (χ2n) is 7.52. The number of halogens is 2. The van der Waals surface area contributed by atoms with Gasteiger partial charge in [0.2, 0.25) is 17.7 Å². The van der Waals surface area contributed by atoms with Crippen molar-refractivity contribution in [2.75, 3.05) is 25.0 Å². The molecule has 2 fully saturated rings. The highest BCUT2D eigenvalue weighted by molar-refractivity contribution is 5.97. The summed E-state index contributed by atoms with van der Waals surface area (Å²) in [6.07, 6.45) is 4.65. The Bertz CT molecular complexity index is 794. The first-order chi connectivity index (χ1) is 13.9. The number of nitrogens with zero attached hydrogens (tertiary/aromatic N) is 2. The van der Waals surface area contributed by atoms with Crippen molar-refractivity contribution in [1.82, 2.24) is 9.80 Å². The van der Waals surface area contributed by atoms with E-state index in [1.807, 2.05) is 0 Å². The number of rotatable bonds is 4. The maximum atomic E-state index is 13.4. The fourth-order valence-electron chi connectivity index (χ4n) is 4.06. The van der Waals surface area contributed by atoms with Crippen LogP contribution in [0, 0.1) is 17.6 Å². The van der Waals surface area contributed by atoms with Gasteiger partial charge < -0.3 is 15.1 Å². The van der Waals surface area contributed by atoms with E-state index in [4.69, 9.17) is 0 Å². The Morgan fingerprint density at radius 2 is 1.76 bits per heavy atom. The third-order valence-electron chi connectivity index (χ3n) is 5.48. The summed E-state index contributed by atoms with van der Waals surface area (Å²) >= 11 is 0. The van der Waals surface area contributed by atoms with Crippen LogP contribution < -0.4 is 5.32 Å². The van der Waals surface area contributed by atoms with Gasteiger partial charge in [-0.2, -0.15) is 0 Å². The van der Waals surface area contributed by atoms with Gasteiger partial charge in [-0.15, -0.1) is 0 Å². The highest BCUT2D eigenvalue weighted by Crippen LogP contribution is 2.25. The van der Waals surface area contributed by atoms with Crippen LogP contribution in [0.2, 0.25) is 0 Å². The zero-order valence-electron chi connectivity index (χ0n) is 16.2. The molecule has 0 aliphatic carbocycles. The van der Waals surface area contributed by atoms with Crippen molar-refractivity contribution in [2.45, 2.75) is 38.1 Å². The second kappa shape index (κ2) is 9.15. The van der Waals surface area contributed by atoms with Crippen molar-refractivity contribution in [3.63, 3.8) is 0 Å². The summed E-state index contributed by atoms with van der Waals surface area (Å²) in [5.41, 5.74) is 0.0193. The number of hydrogen-bond acceptors (Lipinski definition) is 3. The monoisotopic (exact) mass is 405 g/mol. The van der Waals surface area contributed by atoms with Crippen LogP contribution in [-0.4, -0.2) is 53.2 Å². The molecule has 1 aromatic rings. The number of nitrogens with one attached hydrogen (secondary N) is 1. The van der Waals surface area contributed by atoms with Gasteiger partial charge in [0.25, 0.3) is 0 Å². The molecule has 2 heterocycles. The van der Waals surface area contributed by atoms with E-state index in [1.54, 1.807) is 9.80 Å². The predicted octanol–water partition coefficient (Wildman–Crippen LogP) is 2.71. The fourth-order valence-corrected chi connectivity index (χ4v) is 4.06. The molecule has 0 spiro atoms. The lowest BCUT2D eigenvalue weighted by Gasteiger charge is -2.39. The summed E-state index contributed by atoms with van der Waals surface area (Å²) in [5.74, 6) is -2.76. The minimum absolute atomic E-state index is 0.0193. The predicted molar refractivity (Wildman–Crippen MR) is 104 cm³/mol. The van der Waals surface area contributed by atoms with Crippen LogP contribution >= 0.6 is 0 Å². The molecular formula is C21H25F2N3O3. The highest BCUT2D eigenvalue weighted by atomic mass is 19.1. The Kier molecular flexibility index (Phi) is 6.61. The summed E-state index contributed by atoms with van der Waals surface area (Å²) in [6.45, 7) is 4.83. The third-order valence-corrected chi connectivity index (χ3v) is 5.48. The van der Waals surface area contributed by atoms with E-state index in [9.17, 15) is 23.2 Å². The maximum Gasteiger partial charge on any atom is 0.247 e. The van der Waals surface area contributed by atoms with Crippen LogP contribution in [0.5, 0.6) is 0 Å². The topological polar surface area (TPSA) is 69.7 Å². The Balaban J connectivity index is 1.71. The number of amides is 3. The van der Waals surface area contributed by atoms with Crippen LogP contribution in [0.15, 0.2) is 30.9 Å². The maximum absolute atomic E-state index is 13.4. The first-order valence-corrected chi connectivity index (χ1v) is 9.88. The van der Waals surface area contributed by atoms with Crippen molar-refractivity contribution in [3.05, 3.63) is 42.5 Å². The van der Waals surface area contributed by atoms with Crippen LogP contribution in [0.4, 0.5) is 14.5 Å². The van der Waals surface area contributed by atoms with E-state index in [2.05, 4.69) is 11.9 Å². The molecule has 0 bridgehead atoms. The number of piperidine rings is 2. The Morgan fingerprint density at radius 3 is 2.45 bits per heavy atom. The number of carbonyl (C=O) groups is 3. The van der Waals surface area contributed by atoms with Gasteiger partial charge in [0.1, 0.15) is 17.7 Å². The normalized spacial score (nSPS) is 22.1. The fraction of sp³-hybridized carbons (Fsp3) is 0.476. The Labute approximate surface area is 168 Å². The Morgan fingerprint density at radius 1 is 1.03 bits per heavy atom. The van der Waals surface area contributed by atoms with Crippen molar-refractivity contribution >= 4 is 23.4 Å². The van der Waals surface area contributed by atoms with Crippen LogP contribution in [0.1, 0.15) is 32.1 Å². The van der Waals surface area contributed by atoms with E-state index >= 15 is 0 Å². The standard InChI is InChI=1S/C21H25F2N3O3/c1-2-19(27)25-8-5-6-14(13-25)21(29)26-9-4-3-7-18(26)20(28)24-17-11-15(22)10-16(23)12-17/h2,10-12,14,18H,1,3-9,13H2,(H,24,28). The van der Waals surface area contributed by atoms with Gasteiger partial charge >= 0.3 is 0 Å². The summed E-state index contributed by atoms with van der Waals surface area (Å²) in [4.78, 5) is 41.0. The molecular weight excluding hydrogens is 380 g/mol. The van der Waals surface area contributed by atoms with Gasteiger partial charge in [-0.25, -0.2) is 8.78 Å². The van der Waals surface area contributed by atoms with E-state index in [0.717, 1.165) is 31.0 Å². The molecule has 3 rings (SSSR count). The quantitative estimate of drug-likeness (QED) is 0.783. The van der Waals surface area contributed by atoms with E-state index in [1.165, 1.54) is 6.08 Å². The smallest absolute Gasteiger partial charge is 0.247 e. The lowest BCUT2D eigenvalue weighted by Crippen LogP contribution is -2.54. The largest absolute Gasteiger partial charge is 0.338 e. The number of anilines is 1. The molecule has 0 aromatic heterocycles. The van der Waals surface area contributed by atoms with Crippen molar-refractivity contribution in [2.24, 2.45) is 5.92 Å². The molecule has 1 N–H and O–H groups in total. The van der Waals surface area contributed by atoms with E-state index in [0.29, 0.717) is 38.9 Å². The molecule has 1 aromatic carbocycles. The molecule has 2 aliphatic rings. The minimum Gasteiger partial charge on any atom is -0.338 e. The molecule has 29 heavy (non-hydrogen) atoms. The highest BCUT2D eigenvalue weighted by Gasteiger charge is 2.37. The van der Waals surface area contributed by atoms with E-state index in [-0.39, 0.29) is 23.4 Å². The number of likely N-dealkylation sites (tertiary alicyclic amines) is 2. The molecule has 6 nitrogen and oxygen atoms in total. The summed E-state index contributed by atoms with van der Waals surface area (Å²) in [5, 5.41) is 2.53. The molecule has 2 atom stereocenters. The van der Waals surface area contributed by atoms with Gasteiger partial charge in [0.05, 0.1) is 5.92 Å². The zero-order valence-corrected chi connectivity index (χ0v) is 16.2. The second-order valence-corrected chi connectivity index (χ2v) is 7.52. The van der Waals surface area contributed by atoms with Gasteiger partial charge in [-0.1, -0.05) is 6.58 Å². The zero-order chi connectivity index (χ0) is 21.0. The minimum atomic E-state index is -0.786. The molecule has 0 radical (unpaired) electrons. The molecule has 8 heteroatoms. The lowest BCUT2D eigenvalue weighted by molar-refractivity contribution is -0.146. The molecule has 2 saturated heterocycles. The summed E-state index contributed by atoms with van der Waals surface area (Å²) < 4.78 is 26.8. The Hall–Kier alpha value is -2.77. The number of hydrogen-bond donors (Lipinski definition) is 1. The number of carbonyl (C=O) groups excluding carboxylic acids is 3.